The quantitative estimate of drug-likeness (QED) is 0.855. The molecule has 6 heteroatoms. The number of hydrogen-bond donors (Lipinski definition) is 2. The number of hydrogen-bond acceptors (Lipinski definition) is 3. The van der Waals surface area contributed by atoms with E-state index in [1.54, 1.807) is 14.2 Å². The van der Waals surface area contributed by atoms with E-state index in [1.165, 1.54) is 4.90 Å². The molecule has 0 saturated carbocycles. The normalized spacial score (nSPS) is 11.8. The van der Waals surface area contributed by atoms with E-state index in [-0.39, 0.29) is 12.6 Å². The molecular formula is C17H23N3O3. The third-order valence-corrected chi connectivity index (χ3v) is 3.80. The van der Waals surface area contributed by atoms with Gasteiger partial charge in [-0.25, -0.2) is 4.79 Å². The van der Waals surface area contributed by atoms with Gasteiger partial charge < -0.3 is 24.6 Å². The number of nitrogens with zero attached hydrogens (tertiary/aromatic N) is 2. The summed E-state index contributed by atoms with van der Waals surface area (Å²) in [6.07, 6.45) is 3.88. The summed E-state index contributed by atoms with van der Waals surface area (Å²) in [6, 6.07) is 8.64. The Labute approximate surface area is 136 Å². The summed E-state index contributed by atoms with van der Waals surface area (Å²) in [6.45, 7) is 0.298. The van der Waals surface area contributed by atoms with E-state index in [9.17, 15) is 9.90 Å². The fraction of sp³-hybridized carbons (Fsp3) is 0.353. The van der Waals surface area contributed by atoms with Gasteiger partial charge in [-0.05, 0) is 29.3 Å². The van der Waals surface area contributed by atoms with Gasteiger partial charge in [0.2, 0.25) is 0 Å². The summed E-state index contributed by atoms with van der Waals surface area (Å²) in [5, 5.41) is 12.5. The fourth-order valence-electron chi connectivity index (χ4n) is 2.39. The lowest BCUT2D eigenvalue weighted by Gasteiger charge is -2.27. The monoisotopic (exact) mass is 317 g/mol. The number of amides is 2. The highest BCUT2D eigenvalue weighted by atomic mass is 16.5. The average Bonchev–Trinajstić information content (AvgIpc) is 2.99. The summed E-state index contributed by atoms with van der Waals surface area (Å²) in [5.74, 6) is 0.738. The number of aromatic nitrogens is 1. The molecule has 2 rings (SSSR count). The Morgan fingerprint density at radius 1 is 1.35 bits per heavy atom. The van der Waals surface area contributed by atoms with Crippen LogP contribution in [0.2, 0.25) is 0 Å². The molecule has 0 saturated heterocycles. The molecule has 23 heavy (non-hydrogen) atoms. The maximum Gasteiger partial charge on any atom is 0.318 e. The van der Waals surface area contributed by atoms with Crippen LogP contribution >= 0.6 is 0 Å². The number of methoxy groups -OCH3 is 1. The van der Waals surface area contributed by atoms with E-state index in [0.29, 0.717) is 6.54 Å². The van der Waals surface area contributed by atoms with Crippen molar-refractivity contribution in [1.82, 2.24) is 14.8 Å². The van der Waals surface area contributed by atoms with Crippen molar-refractivity contribution in [3.8, 4) is 5.75 Å². The van der Waals surface area contributed by atoms with Gasteiger partial charge in [-0.3, -0.25) is 0 Å². The third-order valence-electron chi connectivity index (χ3n) is 3.80. The fourth-order valence-corrected chi connectivity index (χ4v) is 2.39. The smallest absolute Gasteiger partial charge is 0.318 e. The largest absolute Gasteiger partial charge is 0.497 e. The number of likely N-dealkylation sites (N-methyl/N-ethyl adjacent to an activating group) is 1. The maximum absolute atomic E-state index is 12.3. The zero-order valence-corrected chi connectivity index (χ0v) is 13.7. The minimum absolute atomic E-state index is 0.151. The molecule has 0 aliphatic heterocycles. The van der Waals surface area contributed by atoms with Gasteiger partial charge in [0.15, 0.2) is 0 Å². The molecule has 1 atom stereocenters. The first-order valence-electron chi connectivity index (χ1n) is 7.41. The van der Waals surface area contributed by atoms with Crippen LogP contribution in [0.1, 0.15) is 17.2 Å². The summed E-state index contributed by atoms with van der Waals surface area (Å²) in [7, 11) is 5.20. The second kappa shape index (κ2) is 7.69. The molecule has 0 spiro atoms. The van der Waals surface area contributed by atoms with Crippen LogP contribution in [0.15, 0.2) is 42.7 Å². The van der Waals surface area contributed by atoms with Gasteiger partial charge in [0.1, 0.15) is 5.75 Å². The predicted octanol–water partition coefficient (Wildman–Crippen LogP) is 1.91. The van der Waals surface area contributed by atoms with Gasteiger partial charge in [-0.15, -0.1) is 0 Å². The first-order valence-corrected chi connectivity index (χ1v) is 7.41. The minimum Gasteiger partial charge on any atom is -0.497 e. The molecule has 6 nitrogen and oxygen atoms in total. The maximum atomic E-state index is 12.3. The van der Waals surface area contributed by atoms with Gasteiger partial charge in [-0.2, -0.15) is 0 Å². The van der Waals surface area contributed by atoms with Crippen LogP contribution in [-0.2, 0) is 13.6 Å². The molecule has 0 fully saturated rings. The second-order valence-electron chi connectivity index (χ2n) is 5.43. The molecule has 2 aromatic rings. The molecule has 1 heterocycles. The SMILES string of the molecule is COc1ccc([C@@H](CO)N(C)C(=O)NCc2ccn(C)c2)cc1. The van der Waals surface area contributed by atoms with Crippen molar-refractivity contribution in [1.29, 1.82) is 0 Å². The highest BCUT2D eigenvalue weighted by molar-refractivity contribution is 5.74. The van der Waals surface area contributed by atoms with E-state index >= 15 is 0 Å². The molecule has 0 bridgehead atoms. The second-order valence-corrected chi connectivity index (χ2v) is 5.43. The van der Waals surface area contributed by atoms with Gasteiger partial charge in [-0.1, -0.05) is 12.1 Å². The van der Waals surface area contributed by atoms with Crippen molar-refractivity contribution in [2.24, 2.45) is 7.05 Å². The van der Waals surface area contributed by atoms with E-state index in [4.69, 9.17) is 4.74 Å². The van der Waals surface area contributed by atoms with Crippen LogP contribution in [0.25, 0.3) is 0 Å². The molecule has 2 amide bonds. The highest BCUT2D eigenvalue weighted by Crippen LogP contribution is 2.21. The standard InChI is InChI=1S/C17H23N3O3/c1-19-9-8-13(11-19)10-18-17(22)20(2)16(12-21)14-4-6-15(23-3)7-5-14/h4-9,11,16,21H,10,12H2,1-3H3,(H,18,22)/t16-/m1/s1. The van der Waals surface area contributed by atoms with E-state index < -0.39 is 6.04 Å². The summed E-state index contributed by atoms with van der Waals surface area (Å²) < 4.78 is 7.05. The molecule has 2 N–H and O–H groups in total. The van der Waals surface area contributed by atoms with E-state index in [1.807, 2.05) is 54.3 Å². The van der Waals surface area contributed by atoms with Crippen molar-refractivity contribution in [2.75, 3.05) is 20.8 Å². The van der Waals surface area contributed by atoms with Gasteiger partial charge in [0.05, 0.1) is 19.8 Å². The third kappa shape index (κ3) is 4.26. The van der Waals surface area contributed by atoms with Gasteiger partial charge >= 0.3 is 6.03 Å². The Morgan fingerprint density at radius 2 is 2.04 bits per heavy atom. The highest BCUT2D eigenvalue weighted by Gasteiger charge is 2.20. The van der Waals surface area contributed by atoms with Crippen LogP contribution in [0.3, 0.4) is 0 Å². The number of rotatable bonds is 6. The van der Waals surface area contributed by atoms with Crippen LogP contribution in [0.5, 0.6) is 5.75 Å². The number of nitrogens with one attached hydrogen (secondary N) is 1. The number of aryl methyl sites for hydroxylation is 1. The van der Waals surface area contributed by atoms with E-state index in [0.717, 1.165) is 16.9 Å². The Kier molecular flexibility index (Phi) is 5.65. The zero-order valence-electron chi connectivity index (χ0n) is 13.7. The van der Waals surface area contributed by atoms with Gasteiger partial charge in [0.25, 0.3) is 0 Å². The molecule has 0 aliphatic carbocycles. The molecule has 124 valence electrons. The van der Waals surface area contributed by atoms with Crippen LogP contribution in [-0.4, -0.2) is 41.4 Å². The number of aliphatic hydroxyl groups is 1. The molecule has 0 unspecified atom stereocenters. The van der Waals surface area contributed by atoms with Crippen molar-refractivity contribution in [3.63, 3.8) is 0 Å². The molecule has 0 aliphatic rings. The minimum atomic E-state index is -0.406. The Balaban J connectivity index is 1.99. The lowest BCUT2D eigenvalue weighted by molar-refractivity contribution is 0.149. The van der Waals surface area contributed by atoms with Gasteiger partial charge in [0, 0.05) is 33.0 Å². The number of aliphatic hydroxyl groups excluding tert-OH is 1. The lowest BCUT2D eigenvalue weighted by Crippen LogP contribution is -2.40. The summed E-state index contributed by atoms with van der Waals surface area (Å²) in [5.41, 5.74) is 1.88. The first-order chi connectivity index (χ1) is 11.0. The van der Waals surface area contributed by atoms with Crippen LogP contribution in [0, 0.1) is 0 Å². The number of carbonyl (C=O) groups is 1. The topological polar surface area (TPSA) is 66.7 Å². The molecule has 0 radical (unpaired) electrons. The number of urea groups is 1. The summed E-state index contributed by atoms with van der Waals surface area (Å²) in [4.78, 5) is 13.8. The van der Waals surface area contributed by atoms with Crippen molar-refractivity contribution >= 4 is 6.03 Å². The Bertz CT molecular complexity index is 637. The molecule has 1 aromatic carbocycles. The summed E-state index contributed by atoms with van der Waals surface area (Å²) >= 11 is 0. The average molecular weight is 317 g/mol. The number of carbonyl (C=O) groups excluding carboxylic acids is 1. The van der Waals surface area contributed by atoms with Crippen molar-refractivity contribution in [2.45, 2.75) is 12.6 Å². The van der Waals surface area contributed by atoms with Crippen molar-refractivity contribution in [3.05, 3.63) is 53.9 Å². The van der Waals surface area contributed by atoms with Crippen LogP contribution in [0.4, 0.5) is 4.79 Å². The zero-order chi connectivity index (χ0) is 16.8. The first kappa shape index (κ1) is 16.9. The van der Waals surface area contributed by atoms with Crippen LogP contribution < -0.4 is 10.1 Å². The Hall–Kier alpha value is -2.47. The lowest BCUT2D eigenvalue weighted by atomic mass is 10.1. The molecular weight excluding hydrogens is 294 g/mol. The molecule has 1 aromatic heterocycles. The number of benzene rings is 1. The van der Waals surface area contributed by atoms with E-state index in [2.05, 4.69) is 5.32 Å². The predicted molar refractivity (Wildman–Crippen MR) is 88.2 cm³/mol. The number of ether oxygens (including phenoxy) is 1. The van der Waals surface area contributed by atoms with Crippen molar-refractivity contribution < 1.29 is 14.6 Å². The Morgan fingerprint density at radius 3 is 2.57 bits per heavy atom.